The Hall–Kier alpha value is -2.85. The van der Waals surface area contributed by atoms with Crippen molar-refractivity contribution in [1.82, 2.24) is 19.8 Å². The molecule has 248 valence electrons. The third-order valence-corrected chi connectivity index (χ3v) is 11.5. The molecular formula is C34H47BrN7O3P. The molecule has 0 amide bonds. The fourth-order valence-electron chi connectivity index (χ4n) is 6.73. The first-order chi connectivity index (χ1) is 22.2. The smallest absolute Gasteiger partial charge is 0.229 e. The molecule has 2 fully saturated rings. The first kappa shape index (κ1) is 33.1. The minimum Gasteiger partial charge on any atom is -0.494 e. The van der Waals surface area contributed by atoms with Crippen molar-refractivity contribution in [2.45, 2.75) is 44.6 Å². The number of rotatable bonds is 4. The largest absolute Gasteiger partial charge is 0.494 e. The van der Waals surface area contributed by atoms with Crippen molar-refractivity contribution in [3.63, 3.8) is 0 Å². The van der Waals surface area contributed by atoms with E-state index in [1.165, 1.54) is 37.2 Å². The molecule has 4 aliphatic rings. The summed E-state index contributed by atoms with van der Waals surface area (Å²) in [6.07, 6.45) is 8.07. The molecule has 6 bridgehead atoms. The second-order valence-corrected chi connectivity index (χ2v) is 17.1. The predicted molar refractivity (Wildman–Crippen MR) is 192 cm³/mol. The van der Waals surface area contributed by atoms with E-state index in [1.807, 2.05) is 18.2 Å². The van der Waals surface area contributed by atoms with Gasteiger partial charge in [0.05, 0.1) is 29.6 Å². The van der Waals surface area contributed by atoms with Crippen molar-refractivity contribution in [2.24, 2.45) is 0 Å². The summed E-state index contributed by atoms with van der Waals surface area (Å²) in [7, 11) is 1.32. The number of fused-ring (bicyclic) bond motifs is 7. The molecule has 12 heteroatoms. The van der Waals surface area contributed by atoms with Gasteiger partial charge in [-0.05, 0) is 105 Å². The molecule has 1 aromatic heterocycles. The lowest BCUT2D eigenvalue weighted by atomic mass is 9.98. The fraction of sp³-hybridized carbons (Fsp3) is 0.529. The zero-order valence-electron chi connectivity index (χ0n) is 27.5. The van der Waals surface area contributed by atoms with Gasteiger partial charge in [0.15, 0.2) is 0 Å². The number of benzene rings is 2. The normalized spacial score (nSPS) is 19.0. The first-order valence-corrected chi connectivity index (χ1v) is 19.8. The Morgan fingerprint density at radius 1 is 0.978 bits per heavy atom. The summed E-state index contributed by atoms with van der Waals surface area (Å²) < 4.78 is 26.1. The standard InChI is InChI=1S/C34H47BrN7O3P/c1-40-15-17-41(18-16-40)25-11-13-42(14-12-25)30-22-31(44-2)29-20-24(30)8-6-5-7-19-45-26-9-10-28(32(21-26)46(3,4)43)37-33-27(35)23-36-34(38-29)39-33/h9-10,20-23,25H,5-8,11-19H2,1-4H3,(H2,36,37,38,39). The second-order valence-electron chi connectivity index (χ2n) is 13.1. The first-order valence-electron chi connectivity index (χ1n) is 16.5. The van der Waals surface area contributed by atoms with E-state index < -0.39 is 7.14 Å². The molecule has 2 aromatic carbocycles. The van der Waals surface area contributed by atoms with Crippen LogP contribution in [-0.2, 0) is 11.0 Å². The van der Waals surface area contributed by atoms with Crippen molar-refractivity contribution >= 4 is 57.2 Å². The van der Waals surface area contributed by atoms with Crippen molar-refractivity contribution in [1.29, 1.82) is 0 Å². The maximum absolute atomic E-state index is 13.3. The molecule has 3 aromatic rings. The molecule has 0 saturated carbocycles. The second kappa shape index (κ2) is 14.5. The van der Waals surface area contributed by atoms with Gasteiger partial charge in [-0.2, -0.15) is 4.98 Å². The average Bonchev–Trinajstić information content (AvgIpc) is 3.04. The van der Waals surface area contributed by atoms with Crippen LogP contribution in [0, 0.1) is 0 Å². The third-order valence-electron chi connectivity index (χ3n) is 9.41. The van der Waals surface area contributed by atoms with Crippen LogP contribution in [0.4, 0.5) is 28.8 Å². The van der Waals surface area contributed by atoms with Crippen LogP contribution in [0.3, 0.4) is 0 Å². The number of hydrogen-bond acceptors (Lipinski definition) is 10. The highest BCUT2D eigenvalue weighted by atomic mass is 79.9. The van der Waals surface area contributed by atoms with Crippen LogP contribution in [0.5, 0.6) is 11.5 Å². The van der Waals surface area contributed by atoms with Crippen LogP contribution < -0.4 is 30.3 Å². The van der Waals surface area contributed by atoms with Crippen LogP contribution in [0.15, 0.2) is 41.0 Å². The van der Waals surface area contributed by atoms with Gasteiger partial charge in [-0.25, -0.2) is 4.98 Å². The van der Waals surface area contributed by atoms with Crippen LogP contribution in [0.1, 0.15) is 37.7 Å². The summed E-state index contributed by atoms with van der Waals surface area (Å²) in [6, 6.07) is 10.8. The molecule has 0 radical (unpaired) electrons. The Labute approximate surface area is 281 Å². The van der Waals surface area contributed by atoms with E-state index in [0.717, 1.165) is 80.0 Å². The maximum atomic E-state index is 13.3. The Bertz CT molecular complexity index is 1570. The summed E-state index contributed by atoms with van der Waals surface area (Å²) in [6.45, 7) is 10.9. The van der Waals surface area contributed by atoms with Gasteiger partial charge in [-0.1, -0.05) is 0 Å². The monoisotopic (exact) mass is 711 g/mol. The van der Waals surface area contributed by atoms with Crippen molar-refractivity contribution < 1.29 is 14.0 Å². The number of nitrogens with zero attached hydrogens (tertiary/aromatic N) is 5. The van der Waals surface area contributed by atoms with E-state index in [4.69, 9.17) is 14.5 Å². The summed E-state index contributed by atoms with van der Waals surface area (Å²) in [4.78, 5) is 17.1. The number of piperidine rings is 1. The number of hydrogen-bond donors (Lipinski definition) is 2. The van der Waals surface area contributed by atoms with E-state index in [1.54, 1.807) is 26.6 Å². The molecular weight excluding hydrogens is 665 g/mol. The highest BCUT2D eigenvalue weighted by Gasteiger charge is 2.28. The summed E-state index contributed by atoms with van der Waals surface area (Å²) in [5.41, 5.74) is 4.13. The number of halogens is 1. The molecule has 2 N–H and O–H groups in total. The number of aryl methyl sites for hydroxylation is 1. The Kier molecular flexibility index (Phi) is 10.4. The maximum Gasteiger partial charge on any atom is 0.229 e. The van der Waals surface area contributed by atoms with Gasteiger partial charge in [0.25, 0.3) is 0 Å². The Morgan fingerprint density at radius 2 is 1.76 bits per heavy atom. The number of ether oxygens (including phenoxy) is 2. The highest BCUT2D eigenvalue weighted by Crippen LogP contribution is 2.41. The van der Waals surface area contributed by atoms with Gasteiger partial charge in [0.2, 0.25) is 5.95 Å². The lowest BCUT2D eigenvalue weighted by Gasteiger charge is -2.43. The van der Waals surface area contributed by atoms with Gasteiger partial charge < -0.3 is 34.5 Å². The quantitative estimate of drug-likeness (QED) is 0.300. The number of methoxy groups -OCH3 is 1. The molecule has 0 unspecified atom stereocenters. The van der Waals surface area contributed by atoms with Crippen molar-refractivity contribution in [3.8, 4) is 11.5 Å². The van der Waals surface area contributed by atoms with E-state index in [-0.39, 0.29) is 0 Å². The average molecular weight is 713 g/mol. The molecule has 46 heavy (non-hydrogen) atoms. The number of anilines is 5. The number of nitrogens with one attached hydrogen (secondary N) is 2. The van der Waals surface area contributed by atoms with Crippen LogP contribution >= 0.6 is 23.1 Å². The topological polar surface area (TPSA) is 95.1 Å². The van der Waals surface area contributed by atoms with E-state index in [9.17, 15) is 4.57 Å². The zero-order chi connectivity index (χ0) is 32.3. The van der Waals surface area contributed by atoms with Crippen molar-refractivity contribution in [2.75, 3.05) is 88.9 Å². The Balaban J connectivity index is 1.29. The number of aromatic nitrogens is 2. The Morgan fingerprint density at radius 3 is 2.50 bits per heavy atom. The van der Waals surface area contributed by atoms with Gasteiger partial charge in [0, 0.05) is 68.6 Å². The zero-order valence-corrected chi connectivity index (χ0v) is 30.0. The molecule has 10 nitrogen and oxygen atoms in total. The highest BCUT2D eigenvalue weighted by molar-refractivity contribution is 9.10. The summed E-state index contributed by atoms with van der Waals surface area (Å²) in [5.74, 6) is 2.51. The molecule has 0 atom stereocenters. The molecule has 2 saturated heterocycles. The van der Waals surface area contributed by atoms with Crippen LogP contribution in [0.25, 0.3) is 0 Å². The van der Waals surface area contributed by atoms with E-state index >= 15 is 0 Å². The van der Waals surface area contributed by atoms with Gasteiger partial charge >= 0.3 is 0 Å². The molecule has 7 rings (SSSR count). The fourth-order valence-corrected chi connectivity index (χ4v) is 8.17. The summed E-state index contributed by atoms with van der Waals surface area (Å²) in [5, 5.41) is 7.56. The van der Waals surface area contributed by atoms with Gasteiger partial charge in [-0.3, -0.25) is 4.90 Å². The van der Waals surface area contributed by atoms with Crippen LogP contribution in [0.2, 0.25) is 0 Å². The molecule has 4 aliphatic heterocycles. The van der Waals surface area contributed by atoms with E-state index in [0.29, 0.717) is 28.9 Å². The predicted octanol–water partition coefficient (Wildman–Crippen LogP) is 6.30. The molecule has 0 aliphatic carbocycles. The number of likely N-dealkylation sites (N-methyl/N-ethyl adjacent to an activating group) is 1. The van der Waals surface area contributed by atoms with E-state index in [2.05, 4.69) is 65.4 Å². The SMILES string of the molecule is COc1cc(N2CCC(N3CCN(C)CC3)CC2)c2cc1Nc1ncc(Br)c(n1)Nc1ccc(cc1P(C)(C)=O)OCCCCC2. The molecule has 5 heterocycles. The summed E-state index contributed by atoms with van der Waals surface area (Å²) >= 11 is 3.60. The lowest BCUT2D eigenvalue weighted by Crippen LogP contribution is -2.52. The lowest BCUT2D eigenvalue weighted by molar-refractivity contribution is 0.0982. The van der Waals surface area contributed by atoms with Crippen LogP contribution in [-0.4, -0.2) is 99.2 Å². The van der Waals surface area contributed by atoms with Gasteiger partial charge in [-0.15, -0.1) is 0 Å². The van der Waals surface area contributed by atoms with Crippen molar-refractivity contribution in [3.05, 3.63) is 46.6 Å². The minimum atomic E-state index is -2.62. The molecule has 0 spiro atoms. The number of piperazine rings is 1. The minimum absolute atomic E-state index is 0.439. The third kappa shape index (κ3) is 7.81. The van der Waals surface area contributed by atoms with Gasteiger partial charge in [0.1, 0.15) is 24.5 Å².